The van der Waals surface area contributed by atoms with Gasteiger partial charge in [-0.05, 0) is 56.2 Å². The smallest absolute Gasteiger partial charge is 0.387 e. The Morgan fingerprint density at radius 3 is 2.46 bits per heavy atom. The van der Waals surface area contributed by atoms with E-state index in [-0.39, 0.29) is 17.3 Å². The Morgan fingerprint density at radius 2 is 1.79 bits per heavy atom. The van der Waals surface area contributed by atoms with Crippen molar-refractivity contribution < 1.29 is 18.3 Å². The fraction of sp³-hybridized carbons (Fsp3) is 0.278. The van der Waals surface area contributed by atoms with E-state index in [9.17, 15) is 13.6 Å². The molecule has 1 atom stereocenters. The fourth-order valence-corrected chi connectivity index (χ4v) is 2.16. The van der Waals surface area contributed by atoms with Crippen molar-refractivity contribution in [2.75, 3.05) is 10.6 Å². The van der Waals surface area contributed by atoms with E-state index in [0.717, 1.165) is 16.8 Å². The molecule has 2 aromatic carbocycles. The lowest BCUT2D eigenvalue weighted by Crippen LogP contribution is -2.32. The lowest BCUT2D eigenvalue weighted by Gasteiger charge is -2.17. The van der Waals surface area contributed by atoms with Crippen LogP contribution in [0.15, 0.2) is 42.5 Å². The van der Waals surface area contributed by atoms with E-state index in [1.807, 2.05) is 32.0 Å². The third-order valence-electron chi connectivity index (χ3n) is 3.64. The van der Waals surface area contributed by atoms with Crippen molar-refractivity contribution in [2.45, 2.75) is 33.4 Å². The number of para-hydroxylation sites is 2. The van der Waals surface area contributed by atoms with Crippen LogP contribution in [-0.4, -0.2) is 18.6 Å². The Kier molecular flexibility index (Phi) is 5.73. The van der Waals surface area contributed by atoms with Crippen LogP contribution in [0, 0.1) is 13.8 Å². The molecule has 0 saturated carbocycles. The highest BCUT2D eigenvalue weighted by atomic mass is 19.3. The van der Waals surface area contributed by atoms with Crippen molar-refractivity contribution in [1.82, 2.24) is 0 Å². The van der Waals surface area contributed by atoms with Crippen molar-refractivity contribution in [3.63, 3.8) is 0 Å². The van der Waals surface area contributed by atoms with Crippen molar-refractivity contribution >= 4 is 17.3 Å². The number of anilines is 2. The first-order chi connectivity index (χ1) is 11.4. The number of nitrogens with one attached hydrogen (secondary N) is 2. The summed E-state index contributed by atoms with van der Waals surface area (Å²) in [5.74, 6) is -0.419. The average Bonchev–Trinajstić information content (AvgIpc) is 2.52. The third kappa shape index (κ3) is 4.68. The van der Waals surface area contributed by atoms with E-state index in [1.165, 1.54) is 12.1 Å². The minimum Gasteiger partial charge on any atom is -0.433 e. The number of carbonyl (C=O) groups excluding carboxylic acids is 1. The summed E-state index contributed by atoms with van der Waals surface area (Å²) in [6, 6.07) is 11.3. The zero-order valence-electron chi connectivity index (χ0n) is 13.8. The molecule has 6 heteroatoms. The third-order valence-corrected chi connectivity index (χ3v) is 3.64. The molecule has 0 aromatic heterocycles. The maximum absolute atomic E-state index is 12.4. The maximum atomic E-state index is 12.4. The summed E-state index contributed by atoms with van der Waals surface area (Å²) in [6.45, 7) is 2.74. The molecule has 0 aliphatic rings. The average molecular weight is 334 g/mol. The van der Waals surface area contributed by atoms with Gasteiger partial charge in [0, 0.05) is 5.69 Å². The maximum Gasteiger partial charge on any atom is 0.387 e. The summed E-state index contributed by atoms with van der Waals surface area (Å²) in [7, 11) is 0. The molecule has 0 saturated heterocycles. The van der Waals surface area contributed by atoms with Crippen LogP contribution in [0.5, 0.6) is 5.75 Å². The number of aryl methyl sites for hydroxylation is 2. The van der Waals surface area contributed by atoms with Gasteiger partial charge in [0.05, 0.1) is 5.69 Å². The standard InChI is InChI=1S/C18H20F2N2O2/c1-11-8-9-14(10-12(11)2)21-13(3)17(23)22-15-6-4-5-7-16(15)24-18(19)20/h4-10,13,18,21H,1-3H3,(H,22,23)/t13-/m1/s1. The quantitative estimate of drug-likeness (QED) is 0.826. The van der Waals surface area contributed by atoms with Crippen molar-refractivity contribution in [1.29, 1.82) is 0 Å². The van der Waals surface area contributed by atoms with Gasteiger partial charge in [0.25, 0.3) is 0 Å². The Balaban J connectivity index is 2.05. The zero-order chi connectivity index (χ0) is 17.7. The number of benzene rings is 2. The van der Waals surface area contributed by atoms with Gasteiger partial charge in [0.15, 0.2) is 0 Å². The first kappa shape index (κ1) is 17.7. The number of carbonyl (C=O) groups is 1. The molecule has 2 rings (SSSR count). The summed E-state index contributed by atoms with van der Waals surface area (Å²) in [6.07, 6.45) is 0. The summed E-state index contributed by atoms with van der Waals surface area (Å²) in [4.78, 5) is 12.3. The highest BCUT2D eigenvalue weighted by Gasteiger charge is 2.16. The van der Waals surface area contributed by atoms with Gasteiger partial charge in [-0.2, -0.15) is 8.78 Å². The molecule has 2 N–H and O–H groups in total. The summed E-state index contributed by atoms with van der Waals surface area (Å²) in [5.41, 5.74) is 3.30. The largest absolute Gasteiger partial charge is 0.433 e. The number of hydrogen-bond donors (Lipinski definition) is 2. The van der Waals surface area contributed by atoms with Crippen molar-refractivity contribution in [3.8, 4) is 5.75 Å². The van der Waals surface area contributed by atoms with Gasteiger partial charge in [0.1, 0.15) is 11.8 Å². The van der Waals surface area contributed by atoms with Gasteiger partial charge < -0.3 is 15.4 Å². The summed E-state index contributed by atoms with van der Waals surface area (Å²) in [5, 5.41) is 5.69. The number of ether oxygens (including phenoxy) is 1. The summed E-state index contributed by atoms with van der Waals surface area (Å²) < 4.78 is 29.2. The second-order valence-corrected chi connectivity index (χ2v) is 5.53. The Morgan fingerprint density at radius 1 is 1.08 bits per heavy atom. The monoisotopic (exact) mass is 334 g/mol. The molecule has 0 aliphatic carbocycles. The first-order valence-corrected chi connectivity index (χ1v) is 7.55. The molecule has 0 spiro atoms. The van der Waals surface area contributed by atoms with Crippen molar-refractivity contribution in [2.24, 2.45) is 0 Å². The topological polar surface area (TPSA) is 50.4 Å². The van der Waals surface area contributed by atoms with E-state index in [4.69, 9.17) is 0 Å². The first-order valence-electron chi connectivity index (χ1n) is 7.55. The molecule has 0 aliphatic heterocycles. The van der Waals surface area contributed by atoms with E-state index < -0.39 is 12.7 Å². The second kappa shape index (κ2) is 7.77. The van der Waals surface area contributed by atoms with Gasteiger partial charge in [-0.3, -0.25) is 4.79 Å². The van der Waals surface area contributed by atoms with Crippen LogP contribution >= 0.6 is 0 Å². The van der Waals surface area contributed by atoms with Crippen LogP contribution in [0.1, 0.15) is 18.1 Å². The molecule has 0 bridgehead atoms. The predicted octanol–water partition coefficient (Wildman–Crippen LogP) is 4.34. The molecule has 128 valence electrons. The van der Waals surface area contributed by atoms with Gasteiger partial charge in [0.2, 0.25) is 5.91 Å². The molecule has 0 fully saturated rings. The van der Waals surface area contributed by atoms with Gasteiger partial charge in [-0.25, -0.2) is 0 Å². The zero-order valence-corrected chi connectivity index (χ0v) is 13.8. The number of hydrogen-bond acceptors (Lipinski definition) is 3. The van der Waals surface area contributed by atoms with Crippen LogP contribution in [-0.2, 0) is 4.79 Å². The van der Waals surface area contributed by atoms with Crippen LogP contribution in [0.2, 0.25) is 0 Å². The van der Waals surface area contributed by atoms with Crippen molar-refractivity contribution in [3.05, 3.63) is 53.6 Å². The Bertz CT molecular complexity index is 720. The molecular formula is C18H20F2N2O2. The number of halogens is 2. The molecule has 4 nitrogen and oxygen atoms in total. The molecule has 0 unspecified atom stereocenters. The van der Waals surface area contributed by atoms with E-state index in [2.05, 4.69) is 15.4 Å². The van der Waals surface area contributed by atoms with Gasteiger partial charge in [-0.1, -0.05) is 18.2 Å². The minimum absolute atomic E-state index is 0.0702. The number of amides is 1. The molecule has 2 aromatic rings. The number of rotatable bonds is 6. The molecule has 24 heavy (non-hydrogen) atoms. The van der Waals surface area contributed by atoms with Crippen LogP contribution < -0.4 is 15.4 Å². The van der Waals surface area contributed by atoms with E-state index in [1.54, 1.807) is 19.1 Å². The Hall–Kier alpha value is -2.63. The van der Waals surface area contributed by atoms with Gasteiger partial charge in [-0.15, -0.1) is 0 Å². The van der Waals surface area contributed by atoms with Crippen LogP contribution in [0.3, 0.4) is 0 Å². The molecular weight excluding hydrogens is 314 g/mol. The molecule has 0 radical (unpaired) electrons. The predicted molar refractivity (Wildman–Crippen MR) is 90.7 cm³/mol. The lowest BCUT2D eigenvalue weighted by molar-refractivity contribution is -0.116. The molecule has 1 amide bonds. The van der Waals surface area contributed by atoms with Gasteiger partial charge >= 0.3 is 6.61 Å². The SMILES string of the molecule is Cc1ccc(N[C@H](C)C(=O)Nc2ccccc2OC(F)F)cc1C. The number of alkyl halides is 2. The highest BCUT2D eigenvalue weighted by Crippen LogP contribution is 2.25. The normalized spacial score (nSPS) is 11.9. The summed E-state index contributed by atoms with van der Waals surface area (Å²) >= 11 is 0. The van der Waals surface area contributed by atoms with E-state index in [0.29, 0.717) is 0 Å². The Labute approximate surface area is 139 Å². The fourth-order valence-electron chi connectivity index (χ4n) is 2.16. The van der Waals surface area contributed by atoms with Crippen LogP contribution in [0.4, 0.5) is 20.2 Å². The van der Waals surface area contributed by atoms with Crippen LogP contribution in [0.25, 0.3) is 0 Å². The minimum atomic E-state index is -2.95. The van der Waals surface area contributed by atoms with E-state index >= 15 is 0 Å². The molecule has 0 heterocycles. The lowest BCUT2D eigenvalue weighted by atomic mass is 10.1. The highest BCUT2D eigenvalue weighted by molar-refractivity contribution is 5.97. The second-order valence-electron chi connectivity index (χ2n) is 5.53.